The zero-order valence-corrected chi connectivity index (χ0v) is 16.1. The Hall–Kier alpha value is -2.24. The first-order valence-corrected chi connectivity index (χ1v) is 10.1. The summed E-state index contributed by atoms with van der Waals surface area (Å²) in [7, 11) is 0. The molecule has 2 aliphatic rings. The van der Waals surface area contributed by atoms with Gasteiger partial charge in [0.15, 0.2) is 11.5 Å². The summed E-state index contributed by atoms with van der Waals surface area (Å²) in [5.41, 5.74) is 3.53. The van der Waals surface area contributed by atoms with E-state index >= 15 is 0 Å². The molecular formula is C21H18ClNO3S. The van der Waals surface area contributed by atoms with Crippen molar-refractivity contribution in [1.29, 1.82) is 0 Å². The lowest BCUT2D eigenvalue weighted by Gasteiger charge is -2.24. The Morgan fingerprint density at radius 2 is 1.96 bits per heavy atom. The van der Waals surface area contributed by atoms with Gasteiger partial charge in [0, 0.05) is 39.9 Å². The summed E-state index contributed by atoms with van der Waals surface area (Å²) in [6, 6.07) is 14.5. The fourth-order valence-electron chi connectivity index (χ4n) is 3.59. The van der Waals surface area contributed by atoms with Crippen molar-refractivity contribution in [2.24, 2.45) is 0 Å². The molecule has 5 rings (SSSR count). The van der Waals surface area contributed by atoms with Crippen molar-refractivity contribution in [3.8, 4) is 11.5 Å². The summed E-state index contributed by atoms with van der Waals surface area (Å²) in [4.78, 5) is 3.67. The van der Waals surface area contributed by atoms with Crippen LogP contribution in [0.1, 0.15) is 22.8 Å². The van der Waals surface area contributed by atoms with Crippen molar-refractivity contribution >= 4 is 29.1 Å². The van der Waals surface area contributed by atoms with Crippen LogP contribution in [0.15, 0.2) is 64.3 Å². The second-order valence-electron chi connectivity index (χ2n) is 6.64. The number of anilines is 1. The highest BCUT2D eigenvalue weighted by molar-refractivity contribution is 7.99. The van der Waals surface area contributed by atoms with Gasteiger partial charge in [0.05, 0.1) is 18.2 Å². The first-order valence-electron chi connectivity index (χ1n) is 8.89. The number of hydrogen-bond donors (Lipinski definition) is 0. The van der Waals surface area contributed by atoms with E-state index in [0.29, 0.717) is 0 Å². The third kappa shape index (κ3) is 3.26. The molecule has 0 radical (unpaired) electrons. The molecule has 0 spiro atoms. The van der Waals surface area contributed by atoms with Gasteiger partial charge < -0.3 is 18.8 Å². The van der Waals surface area contributed by atoms with Gasteiger partial charge in [-0.2, -0.15) is 0 Å². The highest BCUT2D eigenvalue weighted by Crippen LogP contribution is 2.49. The lowest BCUT2D eigenvalue weighted by atomic mass is 10.1. The summed E-state index contributed by atoms with van der Waals surface area (Å²) in [6.07, 6.45) is 4.52. The van der Waals surface area contributed by atoms with Crippen LogP contribution >= 0.6 is 23.4 Å². The predicted octanol–water partition coefficient (Wildman–Crippen LogP) is 5.91. The molecule has 1 atom stereocenters. The fourth-order valence-corrected chi connectivity index (χ4v) is 5.27. The molecule has 2 aliphatic heterocycles. The Balaban J connectivity index is 1.48. The van der Waals surface area contributed by atoms with Gasteiger partial charge in [-0.15, -0.1) is 11.8 Å². The van der Waals surface area contributed by atoms with Crippen molar-refractivity contribution < 1.29 is 13.9 Å². The van der Waals surface area contributed by atoms with E-state index in [0.717, 1.165) is 41.6 Å². The second-order valence-corrected chi connectivity index (χ2v) is 8.29. The molecule has 0 saturated carbocycles. The predicted molar refractivity (Wildman–Crippen MR) is 107 cm³/mol. The maximum atomic E-state index is 6.60. The molecule has 0 aliphatic carbocycles. The number of hydrogen-bond acceptors (Lipinski definition) is 5. The third-order valence-corrected chi connectivity index (χ3v) is 6.63. The first kappa shape index (κ1) is 16.9. The van der Waals surface area contributed by atoms with E-state index in [9.17, 15) is 0 Å². The summed E-state index contributed by atoms with van der Waals surface area (Å²) in [6.45, 7) is 2.02. The highest BCUT2D eigenvalue weighted by atomic mass is 35.5. The molecule has 4 nitrogen and oxygen atoms in total. The summed E-state index contributed by atoms with van der Waals surface area (Å²) < 4.78 is 16.3. The number of fused-ring (bicyclic) bond motifs is 2. The highest BCUT2D eigenvalue weighted by Gasteiger charge is 2.27. The van der Waals surface area contributed by atoms with E-state index in [1.807, 2.05) is 36.2 Å². The van der Waals surface area contributed by atoms with Crippen LogP contribution in [0.2, 0.25) is 5.02 Å². The second kappa shape index (κ2) is 7.06. The molecule has 0 fully saturated rings. The standard InChI is InChI=1S/C21H18ClNO3S/c22-16-10-19-18(25-13-26-19)9-15(16)20-5-7-23(11-14-6-8-24-12-14)17-3-1-2-4-21(17)27-20/h1-4,6,8-10,12,20H,5,7,11,13H2/t20-/m0/s1. The summed E-state index contributed by atoms with van der Waals surface area (Å²) in [5.74, 6) is 1.51. The molecule has 0 bridgehead atoms. The number of ether oxygens (including phenoxy) is 2. The van der Waals surface area contributed by atoms with Crippen LogP contribution in [-0.4, -0.2) is 13.3 Å². The lowest BCUT2D eigenvalue weighted by Crippen LogP contribution is -2.23. The van der Waals surface area contributed by atoms with Crippen LogP contribution in [0.5, 0.6) is 11.5 Å². The Morgan fingerprint density at radius 3 is 2.81 bits per heavy atom. The molecule has 1 aromatic heterocycles. The molecule has 138 valence electrons. The fraction of sp³-hybridized carbons (Fsp3) is 0.238. The van der Waals surface area contributed by atoms with Crippen LogP contribution < -0.4 is 14.4 Å². The number of nitrogens with zero attached hydrogens (tertiary/aromatic N) is 1. The van der Waals surface area contributed by atoms with Crippen LogP contribution in [0.4, 0.5) is 5.69 Å². The Bertz CT molecular complexity index is 960. The Kier molecular flexibility index (Phi) is 4.42. The van der Waals surface area contributed by atoms with Gasteiger partial charge in [-0.3, -0.25) is 0 Å². The zero-order valence-electron chi connectivity index (χ0n) is 14.6. The van der Waals surface area contributed by atoms with Gasteiger partial charge in [-0.05, 0) is 36.2 Å². The summed E-state index contributed by atoms with van der Waals surface area (Å²) >= 11 is 8.46. The minimum Gasteiger partial charge on any atom is -0.472 e. The number of halogens is 1. The number of thioether (sulfide) groups is 1. The minimum absolute atomic E-state index is 0.252. The van der Waals surface area contributed by atoms with Crippen LogP contribution in [0.25, 0.3) is 0 Å². The van der Waals surface area contributed by atoms with Gasteiger partial charge in [0.2, 0.25) is 6.79 Å². The Labute approximate surface area is 167 Å². The van der Waals surface area contributed by atoms with E-state index in [1.165, 1.54) is 16.1 Å². The molecule has 0 N–H and O–H groups in total. The van der Waals surface area contributed by atoms with Gasteiger partial charge in [-0.1, -0.05) is 23.7 Å². The largest absolute Gasteiger partial charge is 0.472 e. The lowest BCUT2D eigenvalue weighted by molar-refractivity contribution is 0.174. The molecule has 3 heterocycles. The van der Waals surface area contributed by atoms with Crippen molar-refractivity contribution in [2.75, 3.05) is 18.2 Å². The van der Waals surface area contributed by atoms with E-state index < -0.39 is 0 Å². The molecular weight excluding hydrogens is 382 g/mol. The van der Waals surface area contributed by atoms with Gasteiger partial charge in [0.1, 0.15) is 0 Å². The smallest absolute Gasteiger partial charge is 0.231 e. The zero-order chi connectivity index (χ0) is 18.2. The quantitative estimate of drug-likeness (QED) is 0.547. The molecule has 2 aromatic carbocycles. The normalized spacial score (nSPS) is 18.3. The molecule has 0 amide bonds. The van der Waals surface area contributed by atoms with Crippen LogP contribution in [0, 0.1) is 0 Å². The van der Waals surface area contributed by atoms with E-state index in [2.05, 4.69) is 29.2 Å². The molecule has 0 saturated heterocycles. The van der Waals surface area contributed by atoms with Crippen LogP contribution in [0.3, 0.4) is 0 Å². The molecule has 27 heavy (non-hydrogen) atoms. The third-order valence-electron chi connectivity index (χ3n) is 4.93. The van der Waals surface area contributed by atoms with Gasteiger partial charge >= 0.3 is 0 Å². The minimum atomic E-state index is 0.252. The van der Waals surface area contributed by atoms with Crippen molar-refractivity contribution in [2.45, 2.75) is 23.1 Å². The number of benzene rings is 2. The maximum absolute atomic E-state index is 6.60. The van der Waals surface area contributed by atoms with Crippen molar-refractivity contribution in [3.05, 3.63) is 71.1 Å². The van der Waals surface area contributed by atoms with E-state index in [4.69, 9.17) is 25.5 Å². The number of rotatable bonds is 3. The molecule has 0 unspecified atom stereocenters. The van der Waals surface area contributed by atoms with Crippen LogP contribution in [-0.2, 0) is 6.54 Å². The van der Waals surface area contributed by atoms with Gasteiger partial charge in [0.25, 0.3) is 0 Å². The van der Waals surface area contributed by atoms with Crippen molar-refractivity contribution in [1.82, 2.24) is 0 Å². The Morgan fingerprint density at radius 1 is 1.11 bits per heavy atom. The molecule has 3 aromatic rings. The van der Waals surface area contributed by atoms with Gasteiger partial charge in [-0.25, -0.2) is 0 Å². The maximum Gasteiger partial charge on any atom is 0.231 e. The number of para-hydroxylation sites is 1. The summed E-state index contributed by atoms with van der Waals surface area (Å²) in [5, 5.41) is 0.986. The average molecular weight is 400 g/mol. The first-order chi connectivity index (χ1) is 13.3. The topological polar surface area (TPSA) is 34.8 Å². The molecule has 6 heteroatoms. The van der Waals surface area contributed by atoms with E-state index in [1.54, 1.807) is 6.26 Å². The number of furan rings is 1. The van der Waals surface area contributed by atoms with E-state index in [-0.39, 0.29) is 12.0 Å². The van der Waals surface area contributed by atoms with Crippen molar-refractivity contribution in [3.63, 3.8) is 0 Å². The average Bonchev–Trinajstić information content (AvgIpc) is 3.31. The SMILES string of the molecule is Clc1cc2c(cc1[C@@H]1CCN(Cc3ccoc3)c3ccccc3S1)OCO2. The monoisotopic (exact) mass is 399 g/mol.